The van der Waals surface area contributed by atoms with E-state index in [-0.39, 0.29) is 12.3 Å². The Hall–Kier alpha value is -4.08. The van der Waals surface area contributed by atoms with Crippen molar-refractivity contribution in [2.24, 2.45) is 24.3 Å². The van der Waals surface area contributed by atoms with Crippen molar-refractivity contribution in [2.75, 3.05) is 0 Å². The molecule has 4 aromatic rings. The molecule has 10 heteroatoms. The number of rotatable bonds is 6. The number of ether oxygens (including phenoxy) is 1. The van der Waals surface area contributed by atoms with Gasteiger partial charge < -0.3 is 9.30 Å². The summed E-state index contributed by atoms with van der Waals surface area (Å²) < 4.78 is 10.4. The zero-order valence-electron chi connectivity index (χ0n) is 19.3. The molecule has 170 valence electrons. The molecule has 0 amide bonds. The van der Waals surface area contributed by atoms with Crippen molar-refractivity contribution in [3.05, 3.63) is 69.9 Å². The average Bonchev–Trinajstić information content (AvgIpc) is 3.33. The van der Waals surface area contributed by atoms with Crippen molar-refractivity contribution < 1.29 is 4.74 Å². The van der Waals surface area contributed by atoms with E-state index >= 15 is 0 Å². The maximum Gasteiger partial charge on any atom is 0.368 e. The highest BCUT2D eigenvalue weighted by atomic mass is 16.5. The van der Waals surface area contributed by atoms with Crippen LogP contribution in [0.2, 0.25) is 0 Å². The molecule has 0 aliphatic carbocycles. The maximum absolute atomic E-state index is 12.3. The second kappa shape index (κ2) is 9.19. The third-order valence-corrected chi connectivity index (χ3v) is 5.46. The number of nitrogens with zero attached hydrogens (tertiary/aromatic N) is 8. The Morgan fingerprint density at radius 1 is 1.12 bits per heavy atom. The second-order valence-corrected chi connectivity index (χ2v) is 7.72. The molecule has 33 heavy (non-hydrogen) atoms. The summed E-state index contributed by atoms with van der Waals surface area (Å²) in [4.78, 5) is 16.8. The van der Waals surface area contributed by atoms with Crippen LogP contribution < -0.4 is 5.69 Å². The van der Waals surface area contributed by atoms with Gasteiger partial charge in [-0.3, -0.25) is 0 Å². The Bertz CT molecular complexity index is 1420. The van der Waals surface area contributed by atoms with Gasteiger partial charge in [0.25, 0.3) is 0 Å². The van der Waals surface area contributed by atoms with Gasteiger partial charge in [0.05, 0.1) is 11.4 Å². The van der Waals surface area contributed by atoms with Gasteiger partial charge in [-0.2, -0.15) is 14.5 Å². The van der Waals surface area contributed by atoms with Gasteiger partial charge in [0.1, 0.15) is 12.3 Å². The van der Waals surface area contributed by atoms with Crippen molar-refractivity contribution >= 4 is 22.6 Å². The Morgan fingerprint density at radius 2 is 1.94 bits per heavy atom. The number of aryl methyl sites for hydroxylation is 3. The highest BCUT2D eigenvalue weighted by Crippen LogP contribution is 2.20. The lowest BCUT2D eigenvalue weighted by molar-refractivity contribution is 0.282. The molecule has 0 saturated carbocycles. The zero-order chi connectivity index (χ0) is 23.5. The van der Waals surface area contributed by atoms with Crippen LogP contribution in [0.3, 0.4) is 0 Å². The van der Waals surface area contributed by atoms with E-state index in [0.717, 1.165) is 33.4 Å². The molecule has 10 nitrogen and oxygen atoms in total. The summed E-state index contributed by atoms with van der Waals surface area (Å²) in [6, 6.07) is 9.58. The average molecular weight is 447 g/mol. The fraction of sp³-hybridized carbons (Fsp3) is 0.304. The molecule has 4 rings (SSSR count). The first-order valence-electron chi connectivity index (χ1n) is 10.6. The summed E-state index contributed by atoms with van der Waals surface area (Å²) in [6.07, 6.45) is 4.34. The monoisotopic (exact) mass is 446 g/mol. The first kappa shape index (κ1) is 22.1. The van der Waals surface area contributed by atoms with Gasteiger partial charge in [0.2, 0.25) is 5.90 Å². The fourth-order valence-corrected chi connectivity index (χ4v) is 3.58. The summed E-state index contributed by atoms with van der Waals surface area (Å²) in [5.41, 5.74) is 4.76. The molecule has 0 radical (unpaired) electrons. The summed E-state index contributed by atoms with van der Waals surface area (Å²) in [7, 11) is 3.52. The molecular weight excluding hydrogens is 420 g/mol. The van der Waals surface area contributed by atoms with E-state index in [9.17, 15) is 4.79 Å². The Morgan fingerprint density at radius 3 is 2.67 bits per heavy atom. The summed E-state index contributed by atoms with van der Waals surface area (Å²) in [6.45, 7) is 6.06. The van der Waals surface area contributed by atoms with Crippen LogP contribution in [-0.2, 0) is 25.4 Å². The van der Waals surface area contributed by atoms with Crippen LogP contribution in [0.25, 0.3) is 16.7 Å². The lowest BCUT2D eigenvalue weighted by Gasteiger charge is -2.13. The third-order valence-electron chi connectivity index (χ3n) is 5.46. The molecule has 3 aromatic heterocycles. The first-order valence-corrected chi connectivity index (χ1v) is 10.6. The molecule has 0 aliphatic rings. The number of tetrazole rings is 1. The van der Waals surface area contributed by atoms with Crippen molar-refractivity contribution in [2.45, 2.75) is 33.8 Å². The fourth-order valence-electron chi connectivity index (χ4n) is 3.58. The normalized spacial score (nSPS) is 12.5. The van der Waals surface area contributed by atoms with Gasteiger partial charge in [-0.05, 0) is 48.0 Å². The van der Waals surface area contributed by atoms with Crippen molar-refractivity contribution in [3.8, 4) is 5.69 Å². The largest absolute Gasteiger partial charge is 0.475 e. The third kappa shape index (κ3) is 4.32. The van der Waals surface area contributed by atoms with Gasteiger partial charge in [0, 0.05) is 49.4 Å². The van der Waals surface area contributed by atoms with Crippen LogP contribution in [0.15, 0.2) is 57.7 Å². The van der Waals surface area contributed by atoms with Gasteiger partial charge >= 0.3 is 5.69 Å². The molecule has 0 bridgehead atoms. The van der Waals surface area contributed by atoms with Gasteiger partial charge in [-0.25, -0.2) is 9.78 Å². The molecule has 0 atom stereocenters. The molecular formula is C23H26N8O2. The summed E-state index contributed by atoms with van der Waals surface area (Å²) in [5.74, 6) is 0.494. The highest BCUT2D eigenvalue weighted by molar-refractivity contribution is 6.09. The standard InChI is InChI=1S/C23H26N8O2/c1-6-21(26-25-16(3)18-13-29(4)22-17(18)10-8-12-24-22)33-14-19-15(2)9-7-11-20(19)31-23(32)30(5)27-28-31/h7-13H,6,14H2,1-5H3/b25-16+,26-21+. The van der Waals surface area contributed by atoms with Gasteiger partial charge in [-0.1, -0.05) is 19.1 Å². The lowest BCUT2D eigenvalue weighted by atomic mass is 10.1. The minimum Gasteiger partial charge on any atom is -0.475 e. The first-order chi connectivity index (χ1) is 15.9. The number of benzene rings is 1. The number of pyridine rings is 1. The number of hydrogen-bond acceptors (Lipinski definition) is 7. The van der Waals surface area contributed by atoms with Crippen molar-refractivity contribution in [3.63, 3.8) is 0 Å². The van der Waals surface area contributed by atoms with E-state index < -0.39 is 0 Å². The van der Waals surface area contributed by atoms with E-state index in [1.807, 2.05) is 68.9 Å². The van der Waals surface area contributed by atoms with E-state index in [0.29, 0.717) is 18.0 Å². The van der Waals surface area contributed by atoms with E-state index in [2.05, 4.69) is 25.6 Å². The smallest absolute Gasteiger partial charge is 0.368 e. The van der Waals surface area contributed by atoms with Crippen LogP contribution in [0.5, 0.6) is 0 Å². The number of fused-ring (bicyclic) bond motifs is 1. The molecule has 0 unspecified atom stereocenters. The highest BCUT2D eigenvalue weighted by Gasteiger charge is 2.14. The summed E-state index contributed by atoms with van der Waals surface area (Å²) >= 11 is 0. The van der Waals surface area contributed by atoms with Crippen LogP contribution in [-0.4, -0.2) is 41.0 Å². The lowest BCUT2D eigenvalue weighted by Crippen LogP contribution is -2.23. The van der Waals surface area contributed by atoms with Gasteiger partial charge in [0.15, 0.2) is 0 Å². The summed E-state index contributed by atoms with van der Waals surface area (Å²) in [5, 5.41) is 17.6. The Balaban J connectivity index is 1.59. The minimum atomic E-state index is -0.323. The number of aromatic nitrogens is 6. The number of hydrogen-bond donors (Lipinski definition) is 0. The molecule has 0 aliphatic heterocycles. The van der Waals surface area contributed by atoms with Crippen LogP contribution in [0.1, 0.15) is 37.0 Å². The SMILES string of the molecule is CC/C(=N\N=C(/C)c1cn(C)c2ncccc12)OCc1c(C)cccc1-n1nnn(C)c1=O. The minimum absolute atomic E-state index is 0.227. The molecule has 0 spiro atoms. The Kier molecular flexibility index (Phi) is 6.16. The maximum atomic E-state index is 12.3. The van der Waals surface area contributed by atoms with Crippen LogP contribution >= 0.6 is 0 Å². The quantitative estimate of drug-likeness (QED) is 0.257. The second-order valence-electron chi connectivity index (χ2n) is 7.72. The zero-order valence-corrected chi connectivity index (χ0v) is 19.3. The van der Waals surface area contributed by atoms with E-state index in [4.69, 9.17) is 4.74 Å². The van der Waals surface area contributed by atoms with Gasteiger partial charge in [-0.15, -0.1) is 5.10 Å². The predicted octanol–water partition coefficient (Wildman–Crippen LogP) is 2.91. The predicted molar refractivity (Wildman–Crippen MR) is 127 cm³/mol. The molecule has 0 saturated heterocycles. The van der Waals surface area contributed by atoms with E-state index in [1.165, 1.54) is 9.36 Å². The molecule has 3 heterocycles. The van der Waals surface area contributed by atoms with Crippen LogP contribution in [0.4, 0.5) is 0 Å². The molecule has 1 aromatic carbocycles. The van der Waals surface area contributed by atoms with Crippen LogP contribution in [0, 0.1) is 6.92 Å². The molecule has 0 N–H and O–H groups in total. The van der Waals surface area contributed by atoms with E-state index in [1.54, 1.807) is 13.2 Å². The molecule has 0 fully saturated rings. The Labute approximate surface area is 190 Å². The van der Waals surface area contributed by atoms with Crippen molar-refractivity contribution in [1.82, 2.24) is 29.3 Å². The van der Waals surface area contributed by atoms with Crippen molar-refractivity contribution in [1.29, 1.82) is 0 Å². The topological polar surface area (TPSA) is 104 Å².